The van der Waals surface area contributed by atoms with Gasteiger partial charge in [-0.05, 0) is 38.3 Å². The molecule has 1 aromatic rings. The van der Waals surface area contributed by atoms with Crippen molar-refractivity contribution in [3.63, 3.8) is 0 Å². The second-order valence-corrected chi connectivity index (χ2v) is 6.03. The zero-order chi connectivity index (χ0) is 14.8. The average Bonchev–Trinajstić information content (AvgIpc) is 2.48. The molecule has 0 spiro atoms. The zero-order valence-corrected chi connectivity index (χ0v) is 12.4. The number of para-hydroxylation sites is 2. The highest BCUT2D eigenvalue weighted by molar-refractivity contribution is 6.10. The van der Waals surface area contributed by atoms with Gasteiger partial charge in [0.15, 0.2) is 6.54 Å². The molecule has 1 fully saturated rings. The third-order valence-electron chi connectivity index (χ3n) is 4.53. The first-order valence-corrected chi connectivity index (χ1v) is 7.69. The Morgan fingerprint density at radius 3 is 3.00 bits per heavy atom. The fraction of sp³-hybridized carbons (Fsp3) is 0.500. The molecule has 2 atom stereocenters. The number of anilines is 2. The highest BCUT2D eigenvalue weighted by Crippen LogP contribution is 2.28. The van der Waals surface area contributed by atoms with Crippen molar-refractivity contribution in [2.24, 2.45) is 0 Å². The van der Waals surface area contributed by atoms with Crippen molar-refractivity contribution in [2.45, 2.75) is 32.2 Å². The number of rotatable bonds is 2. The molecule has 5 heteroatoms. The van der Waals surface area contributed by atoms with Gasteiger partial charge in [-0.2, -0.15) is 0 Å². The number of carbonyl (C=O) groups is 2. The molecule has 112 valence electrons. The molecule has 0 radical (unpaired) electrons. The normalized spacial score (nSPS) is 25.2. The number of nitrogens with zero attached hydrogens (tertiary/aromatic N) is 1. The molecule has 0 saturated carbocycles. The van der Waals surface area contributed by atoms with Crippen LogP contribution in [0.2, 0.25) is 0 Å². The molecule has 2 aliphatic rings. The summed E-state index contributed by atoms with van der Waals surface area (Å²) in [6, 6.07) is 8.01. The topological polar surface area (TPSA) is 53.9 Å². The lowest BCUT2D eigenvalue weighted by Crippen LogP contribution is -3.17. The van der Waals surface area contributed by atoms with Gasteiger partial charge in [-0.15, -0.1) is 0 Å². The number of carbonyl (C=O) groups excluding carboxylic acids is 2. The molecule has 0 bridgehead atoms. The molecule has 1 aromatic carbocycles. The number of quaternary nitrogens is 1. The monoisotopic (exact) mass is 288 g/mol. The summed E-state index contributed by atoms with van der Waals surface area (Å²) in [5.41, 5.74) is 1.54. The van der Waals surface area contributed by atoms with Crippen LogP contribution in [0.4, 0.5) is 11.4 Å². The van der Waals surface area contributed by atoms with E-state index in [2.05, 4.69) is 12.2 Å². The van der Waals surface area contributed by atoms with Crippen molar-refractivity contribution in [1.82, 2.24) is 0 Å². The Hall–Kier alpha value is -1.88. The highest BCUT2D eigenvalue weighted by atomic mass is 16.2. The van der Waals surface area contributed by atoms with E-state index >= 15 is 0 Å². The van der Waals surface area contributed by atoms with Gasteiger partial charge < -0.3 is 10.2 Å². The summed E-state index contributed by atoms with van der Waals surface area (Å²) in [6.45, 7) is 3.85. The zero-order valence-electron chi connectivity index (χ0n) is 12.4. The number of fused-ring (bicyclic) bond motifs is 1. The fourth-order valence-corrected chi connectivity index (χ4v) is 3.26. The van der Waals surface area contributed by atoms with E-state index in [-0.39, 0.29) is 18.4 Å². The van der Waals surface area contributed by atoms with Gasteiger partial charge in [0.2, 0.25) is 5.91 Å². The van der Waals surface area contributed by atoms with Crippen LogP contribution < -0.4 is 15.1 Å². The molecule has 21 heavy (non-hydrogen) atoms. The van der Waals surface area contributed by atoms with Crippen LogP contribution in [-0.2, 0) is 9.59 Å². The van der Waals surface area contributed by atoms with Gasteiger partial charge >= 0.3 is 0 Å². The smallest absolute Gasteiger partial charge is 0.282 e. The molecular formula is C16H22N3O2+. The molecule has 2 aliphatic heterocycles. The second kappa shape index (κ2) is 5.85. The van der Waals surface area contributed by atoms with E-state index < -0.39 is 0 Å². The Morgan fingerprint density at radius 2 is 2.19 bits per heavy atom. The summed E-state index contributed by atoms with van der Waals surface area (Å²) in [5, 5.41) is 2.82. The number of amides is 2. The maximum Gasteiger partial charge on any atom is 0.282 e. The van der Waals surface area contributed by atoms with Crippen molar-refractivity contribution >= 4 is 23.2 Å². The minimum absolute atomic E-state index is 0.0426. The van der Waals surface area contributed by atoms with Crippen LogP contribution in [0.3, 0.4) is 0 Å². The van der Waals surface area contributed by atoms with Crippen LogP contribution in [0.5, 0.6) is 0 Å². The van der Waals surface area contributed by atoms with Crippen molar-refractivity contribution < 1.29 is 14.5 Å². The van der Waals surface area contributed by atoms with Gasteiger partial charge in [0.1, 0.15) is 6.54 Å². The molecule has 1 saturated heterocycles. The third-order valence-corrected chi connectivity index (χ3v) is 4.53. The lowest BCUT2D eigenvalue weighted by atomic mass is 10.0. The Kier molecular flexibility index (Phi) is 3.92. The number of benzene rings is 1. The summed E-state index contributed by atoms with van der Waals surface area (Å²) >= 11 is 0. The van der Waals surface area contributed by atoms with Crippen molar-refractivity contribution in [1.29, 1.82) is 0 Å². The Balaban J connectivity index is 1.77. The molecule has 1 unspecified atom stereocenters. The minimum Gasteiger partial charge on any atom is -0.325 e. The van der Waals surface area contributed by atoms with E-state index in [0.29, 0.717) is 12.6 Å². The van der Waals surface area contributed by atoms with Gasteiger partial charge in [0, 0.05) is 0 Å². The number of hydrogen-bond acceptors (Lipinski definition) is 2. The predicted octanol–water partition coefficient (Wildman–Crippen LogP) is 0.429. The molecule has 2 N–H and O–H groups in total. The van der Waals surface area contributed by atoms with E-state index in [0.717, 1.165) is 17.9 Å². The van der Waals surface area contributed by atoms with Crippen LogP contribution in [0.1, 0.15) is 26.2 Å². The van der Waals surface area contributed by atoms with Crippen molar-refractivity contribution in [3.05, 3.63) is 24.3 Å². The number of likely N-dealkylation sites (tertiary alicyclic amines) is 1. The van der Waals surface area contributed by atoms with Gasteiger partial charge in [-0.3, -0.25) is 14.5 Å². The van der Waals surface area contributed by atoms with Crippen molar-refractivity contribution in [2.75, 3.05) is 29.9 Å². The highest BCUT2D eigenvalue weighted by Gasteiger charge is 2.31. The van der Waals surface area contributed by atoms with Gasteiger partial charge in [-0.1, -0.05) is 12.1 Å². The maximum absolute atomic E-state index is 12.6. The molecule has 5 nitrogen and oxygen atoms in total. The standard InChI is InChI=1S/C16H21N3O2/c1-12-6-4-5-9-18(12)11-16(21)19-10-15(20)17-13-7-2-3-8-14(13)19/h2-3,7-8,12H,4-6,9-11H2,1H3,(H,17,20)/p+1/t12-/m0/s1. The number of hydrogen-bond donors (Lipinski definition) is 2. The van der Waals surface area contributed by atoms with E-state index in [9.17, 15) is 9.59 Å². The SMILES string of the molecule is C[C@H]1CCCC[NH+]1CC(=O)N1CC(=O)Nc2ccccc21. The molecule has 0 aromatic heterocycles. The predicted molar refractivity (Wildman–Crippen MR) is 81.4 cm³/mol. The molecule has 2 heterocycles. The lowest BCUT2D eigenvalue weighted by molar-refractivity contribution is -0.920. The summed E-state index contributed by atoms with van der Waals surface area (Å²) in [7, 11) is 0. The summed E-state index contributed by atoms with van der Waals surface area (Å²) in [6.07, 6.45) is 3.62. The molecule has 3 rings (SSSR count). The maximum atomic E-state index is 12.6. The fourth-order valence-electron chi connectivity index (χ4n) is 3.26. The first-order valence-electron chi connectivity index (χ1n) is 7.69. The van der Waals surface area contributed by atoms with Crippen LogP contribution in [0, 0.1) is 0 Å². The van der Waals surface area contributed by atoms with E-state index in [1.54, 1.807) is 4.90 Å². The summed E-state index contributed by atoms with van der Waals surface area (Å²) < 4.78 is 0. The summed E-state index contributed by atoms with van der Waals surface area (Å²) in [4.78, 5) is 27.4. The Labute approximate surface area is 124 Å². The largest absolute Gasteiger partial charge is 0.325 e. The van der Waals surface area contributed by atoms with Crippen LogP contribution in [-0.4, -0.2) is 37.5 Å². The van der Waals surface area contributed by atoms with Crippen LogP contribution in [0.25, 0.3) is 0 Å². The van der Waals surface area contributed by atoms with E-state index in [4.69, 9.17) is 0 Å². The minimum atomic E-state index is -0.122. The first-order chi connectivity index (χ1) is 10.1. The number of nitrogens with one attached hydrogen (secondary N) is 2. The van der Waals surface area contributed by atoms with Gasteiger partial charge in [0.05, 0.1) is 24.0 Å². The second-order valence-electron chi connectivity index (χ2n) is 6.03. The van der Waals surface area contributed by atoms with Crippen LogP contribution in [0.15, 0.2) is 24.3 Å². The summed E-state index contributed by atoms with van der Waals surface area (Å²) in [5.74, 6) is -0.0789. The number of piperidine rings is 1. The van der Waals surface area contributed by atoms with Crippen LogP contribution >= 0.6 is 0 Å². The van der Waals surface area contributed by atoms with Gasteiger partial charge in [0.25, 0.3) is 5.91 Å². The molecule has 2 amide bonds. The molecular weight excluding hydrogens is 266 g/mol. The lowest BCUT2D eigenvalue weighted by Gasteiger charge is -2.33. The first kappa shape index (κ1) is 14.1. The Morgan fingerprint density at radius 1 is 1.38 bits per heavy atom. The van der Waals surface area contributed by atoms with Crippen molar-refractivity contribution in [3.8, 4) is 0 Å². The quantitative estimate of drug-likeness (QED) is 0.829. The molecule has 0 aliphatic carbocycles. The van der Waals surface area contributed by atoms with Gasteiger partial charge in [-0.25, -0.2) is 0 Å². The van der Waals surface area contributed by atoms with E-state index in [1.807, 2.05) is 24.3 Å². The third kappa shape index (κ3) is 2.93. The van der Waals surface area contributed by atoms with E-state index in [1.165, 1.54) is 24.2 Å². The Bertz CT molecular complexity index is 558. The average molecular weight is 288 g/mol.